The van der Waals surface area contributed by atoms with Crippen molar-refractivity contribution in [2.24, 2.45) is 0 Å². The summed E-state index contributed by atoms with van der Waals surface area (Å²) in [7, 11) is 0. The first-order valence-electron chi connectivity index (χ1n) is 10.5. The molecule has 0 saturated carbocycles. The summed E-state index contributed by atoms with van der Waals surface area (Å²) in [5, 5.41) is 2.73. The maximum absolute atomic E-state index is 13.6. The van der Waals surface area contributed by atoms with Crippen LogP contribution < -0.4 is 10.9 Å². The van der Waals surface area contributed by atoms with E-state index in [0.717, 1.165) is 21.3 Å². The third-order valence-electron chi connectivity index (χ3n) is 5.62. The van der Waals surface area contributed by atoms with Crippen LogP contribution in [0.15, 0.2) is 41.2 Å². The molecule has 1 amide bonds. The monoisotopic (exact) mass is 445 g/mol. The number of aromatic nitrogens is 2. The zero-order valence-corrected chi connectivity index (χ0v) is 18.7. The minimum absolute atomic E-state index is 0.0209. The number of fused-ring (bicyclic) bond motifs is 1. The summed E-state index contributed by atoms with van der Waals surface area (Å²) in [6.45, 7) is 9.29. The van der Waals surface area contributed by atoms with E-state index in [4.69, 9.17) is 0 Å². The first-order valence-corrected chi connectivity index (χ1v) is 10.5. The molecular weight excluding hydrogens is 419 g/mol. The highest BCUT2D eigenvalue weighted by atomic mass is 19.4. The lowest BCUT2D eigenvalue weighted by Crippen LogP contribution is -2.37. The summed E-state index contributed by atoms with van der Waals surface area (Å²) in [6, 6.07) is 9.20. The van der Waals surface area contributed by atoms with Gasteiger partial charge in [-0.3, -0.25) is 14.2 Å². The van der Waals surface area contributed by atoms with Gasteiger partial charge in [-0.05, 0) is 67.1 Å². The van der Waals surface area contributed by atoms with Gasteiger partial charge in [-0.15, -0.1) is 0 Å². The Morgan fingerprint density at radius 3 is 2.22 bits per heavy atom. The zero-order valence-electron chi connectivity index (χ0n) is 18.7. The minimum Gasteiger partial charge on any atom is -0.324 e. The molecule has 1 aromatic heterocycles. The van der Waals surface area contributed by atoms with Gasteiger partial charge >= 0.3 is 6.18 Å². The highest BCUT2D eigenvalue weighted by Gasteiger charge is 2.38. The van der Waals surface area contributed by atoms with Crippen LogP contribution in [0, 0.1) is 13.8 Å². The van der Waals surface area contributed by atoms with Crippen molar-refractivity contribution in [2.45, 2.75) is 59.2 Å². The average Bonchev–Trinajstić information content (AvgIpc) is 2.71. The second-order valence-corrected chi connectivity index (χ2v) is 8.25. The van der Waals surface area contributed by atoms with Crippen LogP contribution in [0.5, 0.6) is 0 Å². The average molecular weight is 445 g/mol. The van der Waals surface area contributed by atoms with Crippen molar-refractivity contribution in [3.8, 4) is 0 Å². The van der Waals surface area contributed by atoms with Crippen molar-refractivity contribution in [3.05, 3.63) is 69.1 Å². The number of aryl methyl sites for hydroxylation is 2. The first-order chi connectivity index (χ1) is 14.9. The Morgan fingerprint density at radius 1 is 1.09 bits per heavy atom. The molecule has 0 aliphatic rings. The van der Waals surface area contributed by atoms with Gasteiger partial charge in [0, 0.05) is 5.69 Å². The molecule has 32 heavy (non-hydrogen) atoms. The molecule has 1 N–H and O–H groups in total. The molecule has 0 spiro atoms. The van der Waals surface area contributed by atoms with E-state index in [-0.39, 0.29) is 17.5 Å². The number of nitrogens with one attached hydrogen (secondary N) is 1. The molecular formula is C24H26F3N3O2. The number of anilines is 1. The van der Waals surface area contributed by atoms with Crippen LogP contribution in [0.25, 0.3) is 11.0 Å². The molecule has 5 nitrogen and oxygen atoms in total. The summed E-state index contributed by atoms with van der Waals surface area (Å²) in [5.41, 5.74) is 0.485. The van der Waals surface area contributed by atoms with Crippen LogP contribution in [0.1, 0.15) is 61.5 Å². The van der Waals surface area contributed by atoms with Gasteiger partial charge in [0.25, 0.3) is 5.56 Å². The van der Waals surface area contributed by atoms with E-state index >= 15 is 0 Å². The summed E-state index contributed by atoms with van der Waals surface area (Å²) in [6.07, 6.45) is -4.81. The SMILES string of the molecule is CC[C@@H](C(=O)Nc1ccc(C(C)C)cc1)n1c(=O)c(C(F)(F)F)nc2cc(C)c(C)cc21. The second kappa shape index (κ2) is 8.76. The summed E-state index contributed by atoms with van der Waals surface area (Å²) in [4.78, 5) is 29.6. The number of carbonyl (C=O) groups is 1. The van der Waals surface area contributed by atoms with E-state index < -0.39 is 29.4 Å². The van der Waals surface area contributed by atoms with Crippen LogP contribution >= 0.6 is 0 Å². The molecule has 0 radical (unpaired) electrons. The van der Waals surface area contributed by atoms with Crippen LogP contribution in [0.2, 0.25) is 0 Å². The van der Waals surface area contributed by atoms with E-state index in [1.165, 1.54) is 6.07 Å². The van der Waals surface area contributed by atoms with Gasteiger partial charge in [0.15, 0.2) is 0 Å². The number of halogens is 3. The maximum Gasteiger partial charge on any atom is 0.438 e. The van der Waals surface area contributed by atoms with Gasteiger partial charge in [0.2, 0.25) is 11.6 Å². The van der Waals surface area contributed by atoms with E-state index in [1.807, 2.05) is 26.0 Å². The number of carbonyl (C=O) groups excluding carboxylic acids is 1. The van der Waals surface area contributed by atoms with Gasteiger partial charge in [-0.25, -0.2) is 4.98 Å². The van der Waals surface area contributed by atoms with Gasteiger partial charge < -0.3 is 5.32 Å². The van der Waals surface area contributed by atoms with Crippen LogP contribution in [-0.4, -0.2) is 15.5 Å². The van der Waals surface area contributed by atoms with Crippen molar-refractivity contribution < 1.29 is 18.0 Å². The number of alkyl halides is 3. The third kappa shape index (κ3) is 4.54. The van der Waals surface area contributed by atoms with E-state index in [1.54, 1.807) is 39.0 Å². The Hall–Kier alpha value is -3.16. The third-order valence-corrected chi connectivity index (χ3v) is 5.62. The number of nitrogens with zero attached hydrogens (tertiary/aromatic N) is 2. The molecule has 0 aliphatic heterocycles. The van der Waals surface area contributed by atoms with Crippen LogP contribution in [-0.2, 0) is 11.0 Å². The molecule has 8 heteroatoms. The van der Waals surface area contributed by atoms with E-state index in [9.17, 15) is 22.8 Å². The predicted molar refractivity (Wildman–Crippen MR) is 119 cm³/mol. The molecule has 3 rings (SSSR count). The van der Waals surface area contributed by atoms with Gasteiger partial charge in [-0.2, -0.15) is 13.2 Å². The van der Waals surface area contributed by atoms with E-state index in [0.29, 0.717) is 11.6 Å². The van der Waals surface area contributed by atoms with Crippen LogP contribution in [0.3, 0.4) is 0 Å². The number of rotatable bonds is 5. The van der Waals surface area contributed by atoms with Crippen molar-refractivity contribution in [3.63, 3.8) is 0 Å². The Morgan fingerprint density at radius 2 is 1.69 bits per heavy atom. The highest BCUT2D eigenvalue weighted by Crippen LogP contribution is 2.29. The first kappa shape index (κ1) is 23.5. The lowest BCUT2D eigenvalue weighted by atomic mass is 10.0. The summed E-state index contributed by atoms with van der Waals surface area (Å²) >= 11 is 0. The topological polar surface area (TPSA) is 64.0 Å². The van der Waals surface area contributed by atoms with Crippen molar-refractivity contribution in [1.82, 2.24) is 9.55 Å². The smallest absolute Gasteiger partial charge is 0.324 e. The molecule has 0 fully saturated rings. The van der Waals surface area contributed by atoms with Crippen molar-refractivity contribution in [1.29, 1.82) is 0 Å². The Bertz CT molecular complexity index is 1210. The number of hydrogen-bond donors (Lipinski definition) is 1. The molecule has 170 valence electrons. The largest absolute Gasteiger partial charge is 0.438 e. The summed E-state index contributed by atoms with van der Waals surface area (Å²) < 4.78 is 41.7. The Kier molecular flexibility index (Phi) is 6.44. The zero-order chi connectivity index (χ0) is 23.8. The molecule has 3 aromatic rings. The standard InChI is InChI=1S/C24H26F3N3O2/c1-6-19(22(31)28-17-9-7-16(8-10-17)13(2)3)30-20-12-15(5)14(4)11-18(20)29-21(23(30)32)24(25,26)27/h7-13,19H,6H2,1-5H3,(H,28,31)/t19-/m0/s1. The fourth-order valence-electron chi connectivity index (χ4n) is 3.62. The molecule has 0 aliphatic carbocycles. The summed E-state index contributed by atoms with van der Waals surface area (Å²) in [5.74, 6) is -0.247. The fourth-order valence-corrected chi connectivity index (χ4v) is 3.62. The molecule has 2 aromatic carbocycles. The predicted octanol–water partition coefficient (Wildman–Crippen LogP) is 5.75. The lowest BCUT2D eigenvalue weighted by Gasteiger charge is -2.22. The molecule has 1 heterocycles. The van der Waals surface area contributed by atoms with Crippen LogP contribution in [0.4, 0.5) is 18.9 Å². The van der Waals surface area contributed by atoms with E-state index in [2.05, 4.69) is 10.3 Å². The Balaban J connectivity index is 2.14. The number of hydrogen-bond acceptors (Lipinski definition) is 3. The number of amides is 1. The van der Waals surface area contributed by atoms with Gasteiger partial charge in [-0.1, -0.05) is 32.9 Å². The van der Waals surface area contributed by atoms with Crippen molar-refractivity contribution >= 4 is 22.6 Å². The molecule has 1 atom stereocenters. The molecule has 0 bridgehead atoms. The minimum atomic E-state index is -4.94. The second-order valence-electron chi connectivity index (χ2n) is 8.25. The number of benzene rings is 2. The normalized spacial score (nSPS) is 12.9. The lowest BCUT2D eigenvalue weighted by molar-refractivity contribution is -0.142. The maximum atomic E-state index is 13.6. The highest BCUT2D eigenvalue weighted by molar-refractivity contribution is 5.94. The van der Waals surface area contributed by atoms with Gasteiger partial charge in [0.05, 0.1) is 11.0 Å². The van der Waals surface area contributed by atoms with Crippen molar-refractivity contribution in [2.75, 3.05) is 5.32 Å². The Labute approximate surface area is 184 Å². The molecule has 0 saturated heterocycles. The fraction of sp³-hybridized carbons (Fsp3) is 0.375. The molecule has 0 unspecified atom stereocenters. The quantitative estimate of drug-likeness (QED) is 0.544. The van der Waals surface area contributed by atoms with Gasteiger partial charge in [0.1, 0.15) is 6.04 Å².